The van der Waals surface area contributed by atoms with E-state index in [1.807, 2.05) is 4.68 Å². The van der Waals surface area contributed by atoms with Gasteiger partial charge in [0.05, 0.1) is 5.69 Å². The van der Waals surface area contributed by atoms with Crippen molar-refractivity contribution in [3.05, 3.63) is 11.9 Å². The Balaban J connectivity index is 1.93. The van der Waals surface area contributed by atoms with E-state index in [1.54, 1.807) is 0 Å². The first-order valence-corrected chi connectivity index (χ1v) is 4.80. The molecule has 12 heavy (non-hydrogen) atoms. The lowest BCUT2D eigenvalue weighted by molar-refractivity contribution is 0.553. The molecule has 1 aromatic heterocycles. The van der Waals surface area contributed by atoms with E-state index in [1.165, 1.54) is 31.4 Å². The van der Waals surface area contributed by atoms with E-state index in [-0.39, 0.29) is 0 Å². The fourth-order valence-corrected chi connectivity index (χ4v) is 1.31. The minimum absolute atomic E-state index is 0.736. The number of aromatic nitrogens is 3. The maximum Gasteiger partial charge on any atom is 0.0857 e. The van der Waals surface area contributed by atoms with Crippen LogP contribution in [0.1, 0.15) is 44.2 Å². The van der Waals surface area contributed by atoms with Crippen LogP contribution in [0, 0.1) is 0 Å². The highest BCUT2D eigenvalue weighted by atomic mass is 15.4. The van der Waals surface area contributed by atoms with Gasteiger partial charge in [-0.25, -0.2) is 0 Å². The minimum Gasteiger partial charge on any atom is -0.252 e. The van der Waals surface area contributed by atoms with Crippen LogP contribution in [0.5, 0.6) is 0 Å². The fraction of sp³-hybridized carbons (Fsp3) is 0.778. The number of rotatable bonds is 4. The van der Waals surface area contributed by atoms with Gasteiger partial charge in [-0.3, -0.25) is 4.68 Å². The molecule has 66 valence electrons. The number of nitrogens with zero attached hydrogens (tertiary/aromatic N) is 3. The van der Waals surface area contributed by atoms with Crippen LogP contribution in [0.2, 0.25) is 0 Å². The van der Waals surface area contributed by atoms with Gasteiger partial charge in [-0.15, -0.1) is 5.10 Å². The van der Waals surface area contributed by atoms with Crippen LogP contribution >= 0.6 is 0 Å². The Morgan fingerprint density at radius 3 is 3.08 bits per heavy atom. The molecule has 0 saturated heterocycles. The Morgan fingerprint density at radius 2 is 2.42 bits per heavy atom. The summed E-state index contributed by atoms with van der Waals surface area (Å²) in [5, 5.41) is 8.23. The van der Waals surface area contributed by atoms with Crippen molar-refractivity contribution in [2.45, 2.75) is 45.1 Å². The topological polar surface area (TPSA) is 30.7 Å². The van der Waals surface area contributed by atoms with Crippen LogP contribution in [0.25, 0.3) is 0 Å². The lowest BCUT2D eigenvalue weighted by atomic mass is 10.3. The molecule has 1 aromatic rings. The van der Waals surface area contributed by atoms with Crippen molar-refractivity contribution >= 4 is 0 Å². The average Bonchev–Trinajstić information content (AvgIpc) is 2.83. The number of hydrogen-bond donors (Lipinski definition) is 0. The summed E-state index contributed by atoms with van der Waals surface area (Å²) in [5.41, 5.74) is 1.20. The third-order valence-corrected chi connectivity index (χ3v) is 2.29. The standard InChI is InChI=1S/C9H15N3/c1-2-3-6-12-7-9(10-11-12)8-4-5-8/h7-8H,2-6H2,1H3. The van der Waals surface area contributed by atoms with Gasteiger partial charge in [-0.2, -0.15) is 0 Å². The monoisotopic (exact) mass is 165 g/mol. The predicted molar refractivity (Wildman–Crippen MR) is 46.9 cm³/mol. The van der Waals surface area contributed by atoms with Gasteiger partial charge in [0.2, 0.25) is 0 Å². The molecule has 1 saturated carbocycles. The van der Waals surface area contributed by atoms with Crippen molar-refractivity contribution in [1.82, 2.24) is 15.0 Å². The van der Waals surface area contributed by atoms with Gasteiger partial charge in [0, 0.05) is 18.7 Å². The van der Waals surface area contributed by atoms with Crippen molar-refractivity contribution in [3.63, 3.8) is 0 Å². The van der Waals surface area contributed by atoms with Gasteiger partial charge in [0.25, 0.3) is 0 Å². The van der Waals surface area contributed by atoms with Crippen LogP contribution in [0.4, 0.5) is 0 Å². The summed E-state index contributed by atoms with van der Waals surface area (Å²) >= 11 is 0. The predicted octanol–water partition coefficient (Wildman–Crippen LogP) is 1.96. The molecule has 0 atom stereocenters. The molecule has 0 N–H and O–H groups in total. The Hall–Kier alpha value is -0.860. The molecule has 1 aliphatic carbocycles. The van der Waals surface area contributed by atoms with Gasteiger partial charge in [-0.05, 0) is 19.3 Å². The Bertz CT molecular complexity index is 250. The lowest BCUT2D eigenvalue weighted by Gasteiger charge is -1.95. The van der Waals surface area contributed by atoms with Crippen molar-refractivity contribution in [3.8, 4) is 0 Å². The normalized spacial score (nSPS) is 16.8. The number of aryl methyl sites for hydroxylation is 1. The molecule has 0 unspecified atom stereocenters. The van der Waals surface area contributed by atoms with Crippen LogP contribution in [0.3, 0.4) is 0 Å². The van der Waals surface area contributed by atoms with Crippen LogP contribution in [-0.2, 0) is 6.54 Å². The molecule has 0 radical (unpaired) electrons. The maximum atomic E-state index is 4.14. The Morgan fingerprint density at radius 1 is 1.58 bits per heavy atom. The van der Waals surface area contributed by atoms with E-state index in [0.29, 0.717) is 0 Å². The minimum atomic E-state index is 0.736. The second kappa shape index (κ2) is 3.25. The lowest BCUT2D eigenvalue weighted by Crippen LogP contribution is -1.97. The molecule has 0 amide bonds. The summed E-state index contributed by atoms with van der Waals surface area (Å²) in [6.45, 7) is 3.22. The molecule has 0 bridgehead atoms. The van der Waals surface area contributed by atoms with E-state index in [4.69, 9.17) is 0 Å². The summed E-state index contributed by atoms with van der Waals surface area (Å²) in [6.07, 6.45) is 7.15. The van der Waals surface area contributed by atoms with Crippen LogP contribution < -0.4 is 0 Å². The molecule has 2 rings (SSSR count). The van der Waals surface area contributed by atoms with Gasteiger partial charge >= 0.3 is 0 Å². The Kier molecular flexibility index (Phi) is 2.11. The first-order chi connectivity index (χ1) is 5.90. The molecular formula is C9H15N3. The molecule has 3 nitrogen and oxygen atoms in total. The molecular weight excluding hydrogens is 150 g/mol. The van der Waals surface area contributed by atoms with Crippen molar-refractivity contribution in [2.75, 3.05) is 0 Å². The SMILES string of the molecule is CCCCn1cc(C2CC2)nn1. The third-order valence-electron chi connectivity index (χ3n) is 2.29. The molecule has 1 aliphatic rings. The van der Waals surface area contributed by atoms with Crippen molar-refractivity contribution < 1.29 is 0 Å². The summed E-state index contributed by atoms with van der Waals surface area (Å²) < 4.78 is 1.97. The molecule has 0 aliphatic heterocycles. The summed E-state index contributed by atoms with van der Waals surface area (Å²) in [7, 11) is 0. The van der Waals surface area contributed by atoms with Gasteiger partial charge < -0.3 is 0 Å². The largest absolute Gasteiger partial charge is 0.252 e. The number of hydrogen-bond acceptors (Lipinski definition) is 2. The molecule has 0 spiro atoms. The highest BCUT2D eigenvalue weighted by Gasteiger charge is 2.26. The molecule has 1 fully saturated rings. The van der Waals surface area contributed by atoms with E-state index >= 15 is 0 Å². The first-order valence-electron chi connectivity index (χ1n) is 4.80. The average molecular weight is 165 g/mol. The highest BCUT2D eigenvalue weighted by Crippen LogP contribution is 2.38. The maximum absolute atomic E-state index is 4.14. The molecule has 3 heteroatoms. The highest BCUT2D eigenvalue weighted by molar-refractivity contribution is 5.08. The molecule has 1 heterocycles. The fourth-order valence-electron chi connectivity index (χ4n) is 1.31. The van der Waals surface area contributed by atoms with E-state index in [0.717, 1.165) is 12.5 Å². The van der Waals surface area contributed by atoms with Crippen LogP contribution in [-0.4, -0.2) is 15.0 Å². The van der Waals surface area contributed by atoms with E-state index in [2.05, 4.69) is 23.4 Å². The zero-order chi connectivity index (χ0) is 8.39. The van der Waals surface area contributed by atoms with Crippen molar-refractivity contribution in [1.29, 1.82) is 0 Å². The van der Waals surface area contributed by atoms with E-state index < -0.39 is 0 Å². The zero-order valence-electron chi connectivity index (χ0n) is 7.53. The van der Waals surface area contributed by atoms with Gasteiger partial charge in [-0.1, -0.05) is 18.6 Å². The van der Waals surface area contributed by atoms with Gasteiger partial charge in [0.15, 0.2) is 0 Å². The quantitative estimate of drug-likeness (QED) is 0.682. The zero-order valence-corrected chi connectivity index (χ0v) is 7.53. The Labute approximate surface area is 72.8 Å². The van der Waals surface area contributed by atoms with Gasteiger partial charge in [0.1, 0.15) is 0 Å². The van der Waals surface area contributed by atoms with Crippen molar-refractivity contribution in [2.24, 2.45) is 0 Å². The second-order valence-corrected chi connectivity index (χ2v) is 3.53. The summed E-state index contributed by atoms with van der Waals surface area (Å²) in [5.74, 6) is 0.736. The first kappa shape index (κ1) is 7.77. The summed E-state index contributed by atoms with van der Waals surface area (Å²) in [4.78, 5) is 0. The van der Waals surface area contributed by atoms with E-state index in [9.17, 15) is 0 Å². The number of unbranched alkanes of at least 4 members (excludes halogenated alkanes) is 1. The third kappa shape index (κ3) is 1.65. The second-order valence-electron chi connectivity index (χ2n) is 3.53. The smallest absolute Gasteiger partial charge is 0.0857 e. The summed E-state index contributed by atoms with van der Waals surface area (Å²) in [6, 6.07) is 0. The van der Waals surface area contributed by atoms with Crippen LogP contribution in [0.15, 0.2) is 6.20 Å². The molecule has 0 aromatic carbocycles.